The Balaban J connectivity index is 1.53. The molecule has 57 heavy (non-hydrogen) atoms. The summed E-state index contributed by atoms with van der Waals surface area (Å²) in [4.78, 5) is 45.3. The van der Waals surface area contributed by atoms with Crippen molar-refractivity contribution in [3.8, 4) is 11.3 Å². The summed E-state index contributed by atoms with van der Waals surface area (Å²) < 4.78 is 55.6. The summed E-state index contributed by atoms with van der Waals surface area (Å²) in [7, 11) is 1.52. The van der Waals surface area contributed by atoms with Crippen molar-refractivity contribution < 1.29 is 47.2 Å². The fraction of sp³-hybridized carbons (Fsp3) is 0.610. The molecule has 2 aromatic heterocycles. The van der Waals surface area contributed by atoms with Gasteiger partial charge in [-0.1, -0.05) is 19.9 Å². The van der Waals surface area contributed by atoms with Crippen molar-refractivity contribution in [1.82, 2.24) is 30.2 Å². The molecule has 0 spiro atoms. The highest BCUT2D eigenvalue weighted by molar-refractivity contribution is 5.93. The lowest BCUT2D eigenvalue weighted by Crippen LogP contribution is -2.62. The maximum Gasteiger partial charge on any atom is 0.408 e. The summed E-state index contributed by atoms with van der Waals surface area (Å²) in [6.45, 7) is 10.8. The molecule has 2 amide bonds. The summed E-state index contributed by atoms with van der Waals surface area (Å²) in [5.74, 6) is -1.63. The second-order valence-corrected chi connectivity index (χ2v) is 17.1. The highest BCUT2D eigenvalue weighted by Crippen LogP contribution is 2.43. The van der Waals surface area contributed by atoms with E-state index in [2.05, 4.69) is 20.6 Å². The van der Waals surface area contributed by atoms with Crippen LogP contribution >= 0.6 is 0 Å². The lowest BCUT2D eigenvalue weighted by Gasteiger charge is -2.38. The van der Waals surface area contributed by atoms with Gasteiger partial charge in [0.1, 0.15) is 24.2 Å². The zero-order chi connectivity index (χ0) is 41.9. The maximum atomic E-state index is 14.4. The third-order valence-corrected chi connectivity index (χ3v) is 10.6. The Bertz CT molecular complexity index is 1910. The van der Waals surface area contributed by atoms with Gasteiger partial charge in [0.25, 0.3) is 5.91 Å². The molecule has 0 bridgehead atoms. The molecule has 0 saturated carbocycles. The number of aliphatic hydroxyl groups is 1. The molecule has 16 heteroatoms. The molecule has 1 unspecified atom stereocenters. The molecule has 3 aromatic rings. The number of rotatable bonds is 13. The second-order valence-electron chi connectivity index (χ2n) is 17.1. The number of hydrazine groups is 1. The number of fused-ring (bicyclic) bond motifs is 1. The molecule has 1 aromatic carbocycles. The Morgan fingerprint density at radius 2 is 1.79 bits per heavy atom. The third-order valence-electron chi connectivity index (χ3n) is 10.6. The van der Waals surface area contributed by atoms with E-state index in [1.54, 1.807) is 52.1 Å². The maximum absolute atomic E-state index is 14.4. The minimum Gasteiger partial charge on any atom is -0.480 e. The number of aliphatic carboxylic acids is 1. The fourth-order valence-corrected chi connectivity index (χ4v) is 7.81. The van der Waals surface area contributed by atoms with Crippen LogP contribution in [0.4, 0.5) is 18.0 Å². The van der Waals surface area contributed by atoms with Gasteiger partial charge in [0.2, 0.25) is 0 Å². The number of ether oxygens (including phenoxy) is 2. The number of methoxy groups -OCH3 is 1. The lowest BCUT2D eigenvalue weighted by atomic mass is 9.83. The second kappa shape index (κ2) is 17.7. The quantitative estimate of drug-likeness (QED) is 0.157. The van der Waals surface area contributed by atoms with E-state index in [4.69, 9.17) is 9.47 Å². The normalized spacial score (nSPS) is 19.7. The van der Waals surface area contributed by atoms with Crippen molar-refractivity contribution in [1.29, 1.82) is 0 Å². The van der Waals surface area contributed by atoms with Crippen LogP contribution in [0.5, 0.6) is 0 Å². The summed E-state index contributed by atoms with van der Waals surface area (Å²) in [6, 6.07) is 7.02. The first kappa shape index (κ1) is 43.9. The van der Waals surface area contributed by atoms with Crippen LogP contribution in [0.15, 0.2) is 36.5 Å². The zero-order valence-corrected chi connectivity index (χ0v) is 33.9. The lowest BCUT2D eigenvalue weighted by molar-refractivity contribution is -0.148. The smallest absolute Gasteiger partial charge is 0.408 e. The third kappa shape index (κ3) is 11.0. The summed E-state index contributed by atoms with van der Waals surface area (Å²) >= 11 is 0. The Labute approximate surface area is 331 Å². The van der Waals surface area contributed by atoms with Crippen LogP contribution in [-0.4, -0.2) is 111 Å². The number of pyridine rings is 1. The number of nitrogens with zero attached hydrogens (tertiary/aromatic N) is 4. The Morgan fingerprint density at radius 1 is 1.07 bits per heavy atom. The number of benzene rings is 1. The molecule has 4 N–H and O–H groups in total. The first-order valence-corrected chi connectivity index (χ1v) is 19.5. The van der Waals surface area contributed by atoms with Crippen molar-refractivity contribution in [2.24, 2.45) is 5.41 Å². The number of aliphatic hydroxyl groups excluding tert-OH is 1. The fourth-order valence-electron chi connectivity index (χ4n) is 7.81. The van der Waals surface area contributed by atoms with E-state index >= 15 is 0 Å². The van der Waals surface area contributed by atoms with E-state index in [1.165, 1.54) is 16.7 Å². The predicted molar refractivity (Wildman–Crippen MR) is 208 cm³/mol. The van der Waals surface area contributed by atoms with Crippen LogP contribution in [0, 0.1) is 5.41 Å². The van der Waals surface area contributed by atoms with Gasteiger partial charge in [0, 0.05) is 56.0 Å². The number of amides is 2. The van der Waals surface area contributed by atoms with E-state index in [1.807, 2.05) is 26.0 Å². The molecule has 4 atom stereocenters. The minimum absolute atomic E-state index is 0.0690. The number of alkyl carbamates (subject to hydrolysis) is 1. The number of likely N-dealkylation sites (tertiary alicyclic amines) is 1. The Morgan fingerprint density at radius 3 is 2.44 bits per heavy atom. The van der Waals surface area contributed by atoms with Crippen LogP contribution < -0.4 is 10.7 Å². The number of carboxylic acids is 1. The average Bonchev–Trinajstić information content (AvgIpc) is 3.42. The largest absolute Gasteiger partial charge is 0.480 e. The molecular formula is C41H57F3N6O7. The summed E-state index contributed by atoms with van der Waals surface area (Å²) in [5.41, 5.74) is 4.68. The van der Waals surface area contributed by atoms with E-state index in [-0.39, 0.29) is 32.0 Å². The number of nitrogens with one attached hydrogen (secondary N) is 2. The van der Waals surface area contributed by atoms with Gasteiger partial charge in [0.05, 0.1) is 17.5 Å². The van der Waals surface area contributed by atoms with Crippen LogP contribution in [0.25, 0.3) is 22.2 Å². The van der Waals surface area contributed by atoms with E-state index in [0.29, 0.717) is 59.3 Å². The van der Waals surface area contributed by atoms with Crippen molar-refractivity contribution in [2.45, 2.75) is 116 Å². The molecular weight excluding hydrogens is 745 g/mol. The average molecular weight is 803 g/mol. The van der Waals surface area contributed by atoms with Crippen LogP contribution in [0.3, 0.4) is 0 Å². The highest BCUT2D eigenvalue weighted by atomic mass is 19.4. The number of carbonyl (C=O) groups excluding carboxylic acids is 2. The van der Waals surface area contributed by atoms with Gasteiger partial charge in [-0.25, -0.2) is 10.2 Å². The van der Waals surface area contributed by atoms with Crippen molar-refractivity contribution in [3.63, 3.8) is 0 Å². The number of carboxylic acid groups (broad SMARTS) is 1. The Hall–Kier alpha value is -4.25. The van der Waals surface area contributed by atoms with Gasteiger partial charge in [0.15, 0.2) is 0 Å². The van der Waals surface area contributed by atoms with Gasteiger partial charge < -0.3 is 34.5 Å². The van der Waals surface area contributed by atoms with E-state index in [9.17, 15) is 37.8 Å². The molecule has 2 saturated heterocycles. The molecule has 4 heterocycles. The number of hydrogen-bond donors (Lipinski definition) is 4. The SMILES string of the molecule is CO[C@@H](C)c1ncccc1-c1c(CC(C)(C)CO)c2cc(C3CCCN(C[C@H](NC(=O)OC(C)(C)C)C(=O)N4CCC[C@@H](C(=O)O)N4)C3)ccc2n1CC(F)(F)F. The zero-order valence-electron chi connectivity index (χ0n) is 33.9. The van der Waals surface area contributed by atoms with Gasteiger partial charge in [-0.05, 0) is 113 Å². The first-order valence-electron chi connectivity index (χ1n) is 19.5. The van der Waals surface area contributed by atoms with Crippen molar-refractivity contribution in [2.75, 3.05) is 39.9 Å². The first-order chi connectivity index (χ1) is 26.7. The molecule has 5 rings (SSSR count). The topological polar surface area (TPSA) is 158 Å². The molecule has 314 valence electrons. The van der Waals surface area contributed by atoms with Crippen LogP contribution in [0.1, 0.15) is 96.1 Å². The number of aromatic nitrogens is 2. The number of carbonyl (C=O) groups is 3. The molecule has 2 aliphatic rings. The van der Waals surface area contributed by atoms with Gasteiger partial charge >= 0.3 is 18.2 Å². The predicted octanol–water partition coefficient (Wildman–Crippen LogP) is 6.19. The molecule has 13 nitrogen and oxygen atoms in total. The van der Waals surface area contributed by atoms with Crippen molar-refractivity contribution >= 4 is 28.9 Å². The number of hydrogen-bond acceptors (Lipinski definition) is 9. The van der Waals surface area contributed by atoms with Gasteiger partial charge in [-0.3, -0.25) is 19.6 Å². The minimum atomic E-state index is -4.54. The molecule has 2 aliphatic heterocycles. The molecule has 0 aliphatic carbocycles. The van der Waals surface area contributed by atoms with E-state index < -0.39 is 59.9 Å². The number of piperidine rings is 1. The summed E-state index contributed by atoms with van der Waals surface area (Å²) in [6.07, 6.45) is -1.60. The molecule has 0 radical (unpaired) electrons. The number of alkyl halides is 3. The van der Waals surface area contributed by atoms with Gasteiger partial charge in [-0.2, -0.15) is 13.2 Å². The monoisotopic (exact) mass is 802 g/mol. The van der Waals surface area contributed by atoms with Crippen LogP contribution in [0.2, 0.25) is 0 Å². The van der Waals surface area contributed by atoms with Crippen molar-refractivity contribution in [3.05, 3.63) is 53.3 Å². The number of halogens is 3. The molecule has 2 fully saturated rings. The van der Waals surface area contributed by atoms with Gasteiger partial charge in [-0.15, -0.1) is 0 Å². The highest BCUT2D eigenvalue weighted by Gasteiger charge is 2.37. The summed E-state index contributed by atoms with van der Waals surface area (Å²) in [5, 5.41) is 24.6. The standard InChI is InChI=1S/C41H57F3N6O7/c1-25(56-7)34-28(12-8-16-45-34)35-30(20-40(5,6)24-51)29-19-26(14-15-33(29)49(35)23-41(42,43)44)27-11-9-17-48(21-27)22-32(46-38(55)57-39(2,3)4)36(52)50-18-10-13-31(47-50)37(53)54/h8,12,14-16,19,25,27,31-32,47,51H,9-11,13,17-18,20-24H2,1-7H3,(H,46,55)(H,53,54)/t25-,27?,31-,32-/m0/s1. The van der Waals surface area contributed by atoms with E-state index in [0.717, 1.165) is 18.4 Å². The van der Waals surface area contributed by atoms with Crippen LogP contribution in [-0.2, 0) is 32.0 Å². The Kier molecular flexibility index (Phi) is 13.6.